The highest BCUT2D eigenvalue weighted by Gasteiger charge is 2.04. The van der Waals surface area contributed by atoms with E-state index < -0.39 is 0 Å². The molecule has 0 spiro atoms. The summed E-state index contributed by atoms with van der Waals surface area (Å²) in [6.07, 6.45) is 0. The molecule has 0 aliphatic heterocycles. The Morgan fingerprint density at radius 1 is 1.08 bits per heavy atom. The third-order valence-electron chi connectivity index (χ3n) is 3.37. The largest absolute Gasteiger partial charge is 0.357 e. The van der Waals surface area contributed by atoms with Crippen LogP contribution in [0.15, 0.2) is 46.8 Å². The number of nitrogens with zero attached hydrogens (tertiary/aromatic N) is 2. The van der Waals surface area contributed by atoms with Gasteiger partial charge < -0.3 is 15.5 Å². The number of halogens is 1. The Hall–Kier alpha value is -1.12. The first-order valence-electron chi connectivity index (χ1n) is 7.95. The Morgan fingerprint density at radius 2 is 1.83 bits per heavy atom. The lowest BCUT2D eigenvalue weighted by molar-refractivity contribution is 0.401. The minimum Gasteiger partial charge on any atom is -0.357 e. The number of aliphatic imine (C=N–C) groups is 1. The van der Waals surface area contributed by atoms with E-state index in [1.807, 2.05) is 0 Å². The molecular formula is C18H27IN4S. The van der Waals surface area contributed by atoms with E-state index in [4.69, 9.17) is 4.99 Å². The van der Waals surface area contributed by atoms with Crippen LogP contribution in [0.3, 0.4) is 0 Å². The summed E-state index contributed by atoms with van der Waals surface area (Å²) in [5.41, 5.74) is 2.60. The SMILES string of the molecule is CCNC(=NCc1ccccc1CN(C)C)NCc1cccs1.I. The molecule has 0 saturated heterocycles. The molecule has 24 heavy (non-hydrogen) atoms. The third kappa shape index (κ3) is 7.19. The summed E-state index contributed by atoms with van der Waals surface area (Å²) in [7, 11) is 4.18. The van der Waals surface area contributed by atoms with Gasteiger partial charge in [-0.15, -0.1) is 35.3 Å². The Labute approximate surface area is 166 Å². The zero-order valence-electron chi connectivity index (χ0n) is 14.6. The lowest BCUT2D eigenvalue weighted by Crippen LogP contribution is -2.36. The Balaban J connectivity index is 0.00000288. The molecule has 132 valence electrons. The summed E-state index contributed by atoms with van der Waals surface area (Å²) in [6, 6.07) is 12.7. The molecule has 0 saturated carbocycles. The molecule has 0 aliphatic rings. The van der Waals surface area contributed by atoms with Crippen LogP contribution < -0.4 is 10.6 Å². The van der Waals surface area contributed by atoms with E-state index in [0.29, 0.717) is 6.54 Å². The summed E-state index contributed by atoms with van der Waals surface area (Å²) < 4.78 is 0. The van der Waals surface area contributed by atoms with Gasteiger partial charge in [0.05, 0.1) is 13.1 Å². The fourth-order valence-corrected chi connectivity index (χ4v) is 2.94. The quantitative estimate of drug-likeness (QED) is 0.378. The maximum atomic E-state index is 4.73. The predicted molar refractivity (Wildman–Crippen MR) is 115 cm³/mol. The highest BCUT2D eigenvalue weighted by Crippen LogP contribution is 2.12. The van der Waals surface area contributed by atoms with Crippen molar-refractivity contribution < 1.29 is 0 Å². The van der Waals surface area contributed by atoms with E-state index in [9.17, 15) is 0 Å². The number of benzene rings is 1. The van der Waals surface area contributed by atoms with Crippen molar-refractivity contribution in [2.75, 3.05) is 20.6 Å². The molecule has 2 N–H and O–H groups in total. The van der Waals surface area contributed by atoms with Crippen molar-refractivity contribution in [1.82, 2.24) is 15.5 Å². The van der Waals surface area contributed by atoms with Crippen LogP contribution in [0.4, 0.5) is 0 Å². The molecule has 0 amide bonds. The number of rotatable bonds is 7. The van der Waals surface area contributed by atoms with Crippen LogP contribution in [-0.4, -0.2) is 31.5 Å². The molecule has 6 heteroatoms. The van der Waals surface area contributed by atoms with Crippen LogP contribution in [0.2, 0.25) is 0 Å². The second-order valence-corrected chi connectivity index (χ2v) is 6.67. The van der Waals surface area contributed by atoms with Crippen molar-refractivity contribution in [2.45, 2.75) is 26.6 Å². The fourth-order valence-electron chi connectivity index (χ4n) is 2.30. The molecule has 0 fully saturated rings. The van der Waals surface area contributed by atoms with Gasteiger partial charge in [0.2, 0.25) is 0 Å². The lowest BCUT2D eigenvalue weighted by Gasteiger charge is -2.14. The van der Waals surface area contributed by atoms with Gasteiger partial charge in [-0.3, -0.25) is 0 Å². The smallest absolute Gasteiger partial charge is 0.191 e. The van der Waals surface area contributed by atoms with E-state index in [2.05, 4.69) is 78.3 Å². The molecule has 2 rings (SSSR count). The minimum atomic E-state index is 0. The molecule has 1 aromatic carbocycles. The monoisotopic (exact) mass is 458 g/mol. The molecule has 0 radical (unpaired) electrons. The van der Waals surface area contributed by atoms with Crippen LogP contribution in [0, 0.1) is 0 Å². The van der Waals surface area contributed by atoms with E-state index in [1.54, 1.807) is 11.3 Å². The maximum Gasteiger partial charge on any atom is 0.191 e. The summed E-state index contributed by atoms with van der Waals surface area (Å²) in [5.74, 6) is 0.862. The normalized spacial score (nSPS) is 11.2. The Kier molecular flexibility index (Phi) is 9.97. The summed E-state index contributed by atoms with van der Waals surface area (Å²) in [4.78, 5) is 8.22. The van der Waals surface area contributed by atoms with Crippen LogP contribution in [-0.2, 0) is 19.6 Å². The van der Waals surface area contributed by atoms with E-state index in [-0.39, 0.29) is 24.0 Å². The number of hydrogen-bond donors (Lipinski definition) is 2. The van der Waals surface area contributed by atoms with Gasteiger partial charge in [0.25, 0.3) is 0 Å². The molecule has 0 bridgehead atoms. The van der Waals surface area contributed by atoms with Crippen LogP contribution in [0.1, 0.15) is 22.9 Å². The fraction of sp³-hybridized carbons (Fsp3) is 0.389. The summed E-state index contributed by atoms with van der Waals surface area (Å²) in [5, 5.41) is 8.80. The maximum absolute atomic E-state index is 4.73. The number of guanidine groups is 1. The third-order valence-corrected chi connectivity index (χ3v) is 4.24. The van der Waals surface area contributed by atoms with Crippen molar-refractivity contribution in [2.24, 2.45) is 4.99 Å². The van der Waals surface area contributed by atoms with Crippen molar-refractivity contribution in [3.8, 4) is 0 Å². The van der Waals surface area contributed by atoms with Crippen molar-refractivity contribution >= 4 is 41.3 Å². The average molecular weight is 458 g/mol. The van der Waals surface area contributed by atoms with Gasteiger partial charge in [0.1, 0.15) is 0 Å². The molecule has 1 aromatic heterocycles. The van der Waals surface area contributed by atoms with Gasteiger partial charge in [0.15, 0.2) is 5.96 Å². The standard InChI is InChI=1S/C18H26N4S.HI/c1-4-19-18(21-13-17-10-7-11-23-17)20-12-15-8-5-6-9-16(15)14-22(2)3;/h5-11H,4,12-14H2,1-3H3,(H2,19,20,21);1H. The van der Waals surface area contributed by atoms with Gasteiger partial charge in [0, 0.05) is 18.0 Å². The van der Waals surface area contributed by atoms with E-state index in [1.165, 1.54) is 16.0 Å². The number of hydrogen-bond acceptors (Lipinski definition) is 3. The zero-order chi connectivity index (χ0) is 16.5. The van der Waals surface area contributed by atoms with Crippen LogP contribution in [0.25, 0.3) is 0 Å². The van der Waals surface area contributed by atoms with E-state index >= 15 is 0 Å². The minimum absolute atomic E-state index is 0. The predicted octanol–water partition coefficient (Wildman–Crippen LogP) is 3.68. The van der Waals surface area contributed by atoms with Gasteiger partial charge >= 0.3 is 0 Å². The average Bonchev–Trinajstić information content (AvgIpc) is 3.04. The summed E-state index contributed by atoms with van der Waals surface area (Å²) in [6.45, 7) is 5.37. The highest BCUT2D eigenvalue weighted by molar-refractivity contribution is 14.0. The molecule has 4 nitrogen and oxygen atoms in total. The Bertz CT molecular complexity index is 611. The van der Waals surface area contributed by atoms with Crippen LogP contribution in [0.5, 0.6) is 0 Å². The Morgan fingerprint density at radius 3 is 2.46 bits per heavy atom. The topological polar surface area (TPSA) is 39.7 Å². The molecular weight excluding hydrogens is 431 g/mol. The van der Waals surface area contributed by atoms with Crippen molar-refractivity contribution in [3.05, 3.63) is 57.8 Å². The van der Waals surface area contributed by atoms with E-state index in [0.717, 1.165) is 25.6 Å². The zero-order valence-corrected chi connectivity index (χ0v) is 17.7. The second-order valence-electron chi connectivity index (χ2n) is 5.63. The van der Waals surface area contributed by atoms with Gasteiger partial charge in [-0.25, -0.2) is 4.99 Å². The molecule has 0 aliphatic carbocycles. The van der Waals surface area contributed by atoms with Gasteiger partial charge in [-0.2, -0.15) is 0 Å². The van der Waals surface area contributed by atoms with Gasteiger partial charge in [-0.1, -0.05) is 30.3 Å². The lowest BCUT2D eigenvalue weighted by atomic mass is 10.1. The number of nitrogens with one attached hydrogen (secondary N) is 2. The first kappa shape index (κ1) is 20.9. The van der Waals surface area contributed by atoms with Crippen molar-refractivity contribution in [3.63, 3.8) is 0 Å². The van der Waals surface area contributed by atoms with Crippen molar-refractivity contribution in [1.29, 1.82) is 0 Å². The summed E-state index contributed by atoms with van der Waals surface area (Å²) >= 11 is 1.76. The van der Waals surface area contributed by atoms with Gasteiger partial charge in [-0.05, 0) is 43.6 Å². The second kappa shape index (κ2) is 11.4. The van der Waals surface area contributed by atoms with Crippen LogP contribution >= 0.6 is 35.3 Å². The number of thiophene rings is 1. The molecule has 0 atom stereocenters. The molecule has 1 heterocycles. The molecule has 2 aromatic rings. The first-order chi connectivity index (χ1) is 11.2. The molecule has 0 unspecified atom stereocenters. The highest BCUT2D eigenvalue weighted by atomic mass is 127. The first-order valence-corrected chi connectivity index (χ1v) is 8.83.